The Morgan fingerprint density at radius 2 is 1.94 bits per heavy atom. The van der Waals surface area contributed by atoms with E-state index in [1.807, 2.05) is 30.3 Å². The monoisotopic (exact) mass is 326 g/mol. The molecule has 0 radical (unpaired) electrons. The van der Waals surface area contributed by atoms with Gasteiger partial charge in [-0.25, -0.2) is 9.97 Å². The summed E-state index contributed by atoms with van der Waals surface area (Å²) >= 11 is 9.54. The normalized spacial score (nSPS) is 10.6. The highest BCUT2D eigenvalue weighted by atomic mass is 79.9. The highest BCUT2D eigenvalue weighted by molar-refractivity contribution is 9.10. The number of methoxy groups -OCH3 is 1. The fraction of sp³-hybridized carbons (Fsp3) is 0.231. The van der Waals surface area contributed by atoms with Gasteiger partial charge in [0.15, 0.2) is 0 Å². The molecular formula is C13H12BrClN2O. The predicted molar refractivity (Wildman–Crippen MR) is 75.8 cm³/mol. The molecule has 0 saturated carbocycles. The van der Waals surface area contributed by atoms with E-state index in [9.17, 15) is 0 Å². The van der Waals surface area contributed by atoms with Crippen molar-refractivity contribution in [2.45, 2.75) is 6.42 Å². The Hall–Kier alpha value is -0.970. The summed E-state index contributed by atoms with van der Waals surface area (Å²) in [6.07, 6.45) is 0.642. The van der Waals surface area contributed by atoms with E-state index in [2.05, 4.69) is 25.9 Å². The van der Waals surface area contributed by atoms with Gasteiger partial charge < -0.3 is 4.74 Å². The van der Waals surface area contributed by atoms with Crippen LogP contribution in [-0.2, 0) is 11.2 Å². The minimum absolute atomic E-state index is 0.426. The van der Waals surface area contributed by atoms with Crippen LogP contribution in [0.3, 0.4) is 0 Å². The number of benzene rings is 1. The molecule has 2 rings (SSSR count). The number of ether oxygens (including phenoxy) is 1. The van der Waals surface area contributed by atoms with Crippen LogP contribution in [0.2, 0.25) is 5.15 Å². The summed E-state index contributed by atoms with van der Waals surface area (Å²) in [5.74, 6) is 0.684. The van der Waals surface area contributed by atoms with Gasteiger partial charge in [0.1, 0.15) is 11.0 Å². The highest BCUT2D eigenvalue weighted by Crippen LogP contribution is 2.31. The molecule has 0 aliphatic carbocycles. The quantitative estimate of drug-likeness (QED) is 0.802. The topological polar surface area (TPSA) is 35.0 Å². The third-order valence-corrected chi connectivity index (χ3v) is 3.69. The Morgan fingerprint density at radius 1 is 1.22 bits per heavy atom. The molecule has 1 aromatic carbocycles. The molecule has 0 N–H and O–H groups in total. The Balaban J connectivity index is 2.43. The minimum Gasteiger partial charge on any atom is -0.384 e. The fourth-order valence-electron chi connectivity index (χ4n) is 1.56. The van der Waals surface area contributed by atoms with Gasteiger partial charge in [0.25, 0.3) is 0 Å². The molecule has 0 amide bonds. The molecule has 94 valence electrons. The molecule has 0 bridgehead atoms. The van der Waals surface area contributed by atoms with Crippen molar-refractivity contribution in [1.82, 2.24) is 9.97 Å². The van der Waals surface area contributed by atoms with E-state index < -0.39 is 0 Å². The van der Waals surface area contributed by atoms with Crippen molar-refractivity contribution in [3.63, 3.8) is 0 Å². The van der Waals surface area contributed by atoms with Crippen LogP contribution >= 0.6 is 27.5 Å². The van der Waals surface area contributed by atoms with E-state index in [1.165, 1.54) is 0 Å². The lowest BCUT2D eigenvalue weighted by molar-refractivity contribution is 0.200. The number of aromatic nitrogens is 2. The van der Waals surface area contributed by atoms with Crippen LogP contribution in [0, 0.1) is 0 Å². The molecule has 18 heavy (non-hydrogen) atoms. The van der Waals surface area contributed by atoms with Gasteiger partial charge in [-0.2, -0.15) is 0 Å². The average molecular weight is 328 g/mol. The zero-order valence-electron chi connectivity index (χ0n) is 9.86. The summed E-state index contributed by atoms with van der Waals surface area (Å²) in [5.41, 5.74) is 1.81. The Morgan fingerprint density at radius 3 is 2.61 bits per heavy atom. The first-order valence-corrected chi connectivity index (χ1v) is 6.65. The number of rotatable bonds is 4. The summed E-state index contributed by atoms with van der Waals surface area (Å²) in [6, 6.07) is 9.87. The number of hydrogen-bond donors (Lipinski definition) is 0. The zero-order valence-corrected chi connectivity index (χ0v) is 12.2. The van der Waals surface area contributed by atoms with Crippen LogP contribution in [-0.4, -0.2) is 23.7 Å². The third-order valence-electron chi connectivity index (χ3n) is 2.43. The minimum atomic E-state index is 0.426. The van der Waals surface area contributed by atoms with Gasteiger partial charge in [0, 0.05) is 19.1 Å². The van der Waals surface area contributed by atoms with Crippen LogP contribution in [0.25, 0.3) is 11.3 Å². The van der Waals surface area contributed by atoms with E-state index in [0.29, 0.717) is 24.0 Å². The first-order chi connectivity index (χ1) is 8.72. The lowest BCUT2D eigenvalue weighted by Crippen LogP contribution is -2.03. The van der Waals surface area contributed by atoms with Gasteiger partial charge in [0.05, 0.1) is 16.8 Å². The van der Waals surface area contributed by atoms with E-state index in [0.717, 1.165) is 15.7 Å². The molecule has 3 nitrogen and oxygen atoms in total. The van der Waals surface area contributed by atoms with Crippen molar-refractivity contribution >= 4 is 27.5 Å². The summed E-state index contributed by atoms with van der Waals surface area (Å²) < 4.78 is 5.75. The first-order valence-electron chi connectivity index (χ1n) is 5.48. The van der Waals surface area contributed by atoms with Gasteiger partial charge in [-0.05, 0) is 15.9 Å². The van der Waals surface area contributed by atoms with Gasteiger partial charge in [-0.15, -0.1) is 0 Å². The number of nitrogens with zero attached hydrogens (tertiary/aromatic N) is 2. The standard InChI is InChI=1S/C13H12BrClN2O/c1-18-8-7-10-16-12(11(14)13(15)17-10)9-5-3-2-4-6-9/h2-6H,7-8H2,1H3. The second-order valence-electron chi connectivity index (χ2n) is 3.70. The maximum absolute atomic E-state index is 6.11. The molecule has 1 heterocycles. The van der Waals surface area contributed by atoms with Crippen LogP contribution in [0.4, 0.5) is 0 Å². The molecule has 5 heteroatoms. The maximum atomic E-state index is 6.11. The Bertz CT molecular complexity index is 534. The summed E-state index contributed by atoms with van der Waals surface area (Å²) in [4.78, 5) is 8.74. The van der Waals surface area contributed by atoms with Crippen LogP contribution in [0.1, 0.15) is 5.82 Å². The summed E-state index contributed by atoms with van der Waals surface area (Å²) in [6.45, 7) is 0.576. The smallest absolute Gasteiger partial charge is 0.147 e. The van der Waals surface area contributed by atoms with Gasteiger partial charge in [-0.3, -0.25) is 0 Å². The van der Waals surface area contributed by atoms with Crippen LogP contribution in [0.5, 0.6) is 0 Å². The molecule has 0 saturated heterocycles. The van der Waals surface area contributed by atoms with Crippen molar-refractivity contribution in [3.8, 4) is 11.3 Å². The van der Waals surface area contributed by atoms with E-state index in [-0.39, 0.29) is 0 Å². The lowest BCUT2D eigenvalue weighted by Gasteiger charge is -2.08. The van der Waals surface area contributed by atoms with E-state index >= 15 is 0 Å². The van der Waals surface area contributed by atoms with Gasteiger partial charge in [0.2, 0.25) is 0 Å². The van der Waals surface area contributed by atoms with Crippen molar-refractivity contribution in [2.75, 3.05) is 13.7 Å². The molecule has 0 atom stereocenters. The van der Waals surface area contributed by atoms with Crippen molar-refractivity contribution in [1.29, 1.82) is 0 Å². The Kier molecular flexibility index (Phi) is 4.69. The maximum Gasteiger partial charge on any atom is 0.147 e. The molecule has 0 aliphatic rings. The van der Waals surface area contributed by atoms with Crippen LogP contribution in [0.15, 0.2) is 34.8 Å². The zero-order chi connectivity index (χ0) is 13.0. The Labute approximate surface area is 119 Å². The molecular weight excluding hydrogens is 316 g/mol. The number of halogens is 2. The molecule has 0 spiro atoms. The number of hydrogen-bond acceptors (Lipinski definition) is 3. The van der Waals surface area contributed by atoms with Gasteiger partial charge >= 0.3 is 0 Å². The van der Waals surface area contributed by atoms with Crippen molar-refractivity contribution < 1.29 is 4.74 Å². The SMILES string of the molecule is COCCc1nc(Cl)c(Br)c(-c2ccccc2)n1. The first kappa shape index (κ1) is 13.5. The van der Waals surface area contributed by atoms with Crippen LogP contribution < -0.4 is 0 Å². The summed E-state index contributed by atoms with van der Waals surface area (Å²) in [5, 5.41) is 0.426. The lowest BCUT2D eigenvalue weighted by atomic mass is 10.1. The van der Waals surface area contributed by atoms with E-state index in [4.69, 9.17) is 16.3 Å². The highest BCUT2D eigenvalue weighted by Gasteiger charge is 2.12. The third kappa shape index (κ3) is 3.07. The average Bonchev–Trinajstić information content (AvgIpc) is 2.41. The second kappa shape index (κ2) is 6.27. The molecule has 0 aliphatic heterocycles. The molecule has 0 fully saturated rings. The predicted octanol–water partition coefficient (Wildman–Crippen LogP) is 3.75. The van der Waals surface area contributed by atoms with Gasteiger partial charge in [-0.1, -0.05) is 41.9 Å². The second-order valence-corrected chi connectivity index (χ2v) is 4.85. The summed E-state index contributed by atoms with van der Waals surface area (Å²) in [7, 11) is 1.65. The molecule has 1 aromatic heterocycles. The molecule has 0 unspecified atom stereocenters. The largest absolute Gasteiger partial charge is 0.384 e. The van der Waals surface area contributed by atoms with Crippen molar-refractivity contribution in [3.05, 3.63) is 45.8 Å². The molecule has 2 aromatic rings. The fourth-order valence-corrected chi connectivity index (χ4v) is 2.15. The van der Waals surface area contributed by atoms with Crippen molar-refractivity contribution in [2.24, 2.45) is 0 Å². The van der Waals surface area contributed by atoms with E-state index in [1.54, 1.807) is 7.11 Å².